The lowest BCUT2D eigenvalue weighted by Gasteiger charge is -2.46. The first-order valence-electron chi connectivity index (χ1n) is 10.7. The summed E-state index contributed by atoms with van der Waals surface area (Å²) in [7, 11) is 0. The highest BCUT2D eigenvalue weighted by molar-refractivity contribution is 5.81. The number of amides is 2. The summed E-state index contributed by atoms with van der Waals surface area (Å²) in [6.45, 7) is 3.04. The molecule has 0 unspecified atom stereocenters. The quantitative estimate of drug-likeness (QED) is 0.780. The largest absolute Gasteiger partial charge is 0.457 e. The van der Waals surface area contributed by atoms with Crippen molar-refractivity contribution in [3.8, 4) is 11.5 Å². The average molecular weight is 406 g/mol. The van der Waals surface area contributed by atoms with E-state index >= 15 is 0 Å². The molecule has 2 aromatic carbocycles. The molecular formula is C24H26N2O4. The first-order chi connectivity index (χ1) is 14.7. The highest BCUT2D eigenvalue weighted by atomic mass is 16.5. The molecule has 0 aliphatic carbocycles. The molecule has 5 rings (SSSR count). The second-order valence-corrected chi connectivity index (χ2v) is 8.46. The number of likely N-dealkylation sites (tertiary alicyclic amines) is 2. The fourth-order valence-corrected chi connectivity index (χ4v) is 4.63. The van der Waals surface area contributed by atoms with Crippen LogP contribution >= 0.6 is 0 Å². The molecule has 156 valence electrons. The van der Waals surface area contributed by atoms with Crippen LogP contribution in [0.4, 0.5) is 4.79 Å². The van der Waals surface area contributed by atoms with Crippen LogP contribution in [0, 0.1) is 5.92 Å². The zero-order valence-electron chi connectivity index (χ0n) is 16.9. The van der Waals surface area contributed by atoms with Crippen molar-refractivity contribution in [3.63, 3.8) is 0 Å². The molecule has 0 saturated carbocycles. The summed E-state index contributed by atoms with van der Waals surface area (Å²) in [5.41, 5.74) is 1.23. The van der Waals surface area contributed by atoms with Crippen molar-refractivity contribution >= 4 is 11.8 Å². The molecule has 2 amide bonds. The van der Waals surface area contributed by atoms with E-state index in [1.807, 2.05) is 52.3 Å². The third kappa shape index (κ3) is 3.92. The fourth-order valence-electron chi connectivity index (χ4n) is 4.63. The number of ether oxygens (including phenoxy) is 2. The summed E-state index contributed by atoms with van der Waals surface area (Å²) in [4.78, 5) is 28.4. The van der Waals surface area contributed by atoms with Crippen molar-refractivity contribution in [2.24, 2.45) is 5.92 Å². The fraction of sp³-hybridized carbons (Fsp3) is 0.417. The van der Waals surface area contributed by atoms with Crippen molar-refractivity contribution < 1.29 is 19.1 Å². The second kappa shape index (κ2) is 8.11. The van der Waals surface area contributed by atoms with Gasteiger partial charge in [0.05, 0.1) is 6.10 Å². The van der Waals surface area contributed by atoms with Crippen LogP contribution in [0.15, 0.2) is 54.6 Å². The van der Waals surface area contributed by atoms with E-state index in [1.165, 1.54) is 5.56 Å². The number of piperidine rings is 1. The number of carbonyl (C=O) groups excluding carboxylic acids is 2. The molecule has 0 spiro atoms. The minimum Gasteiger partial charge on any atom is -0.457 e. The van der Waals surface area contributed by atoms with Gasteiger partial charge in [0.1, 0.15) is 18.1 Å². The number of Topliss-reactive ketones (excluding diaryl/α,β-unsaturated/α-hetero) is 1. The van der Waals surface area contributed by atoms with E-state index in [9.17, 15) is 9.59 Å². The molecule has 0 aromatic heterocycles. The molecule has 3 aliphatic rings. The Hall–Kier alpha value is -2.86. The predicted octanol–water partition coefficient (Wildman–Crippen LogP) is 3.68. The average Bonchev–Trinajstić information content (AvgIpc) is 2.74. The van der Waals surface area contributed by atoms with Gasteiger partial charge in [-0.25, -0.2) is 4.79 Å². The van der Waals surface area contributed by atoms with Crippen LogP contribution in [0.2, 0.25) is 0 Å². The minimum absolute atomic E-state index is 0.0896. The summed E-state index contributed by atoms with van der Waals surface area (Å²) in [5, 5.41) is 0. The van der Waals surface area contributed by atoms with E-state index in [4.69, 9.17) is 9.47 Å². The number of ketones is 1. The topological polar surface area (TPSA) is 59.1 Å². The molecule has 0 N–H and O–H groups in total. The molecule has 3 heterocycles. The highest BCUT2D eigenvalue weighted by Gasteiger charge is 2.40. The van der Waals surface area contributed by atoms with Gasteiger partial charge in [-0.3, -0.25) is 4.79 Å². The van der Waals surface area contributed by atoms with Gasteiger partial charge in [0.2, 0.25) is 0 Å². The molecule has 3 fully saturated rings. The van der Waals surface area contributed by atoms with E-state index in [0.29, 0.717) is 25.4 Å². The highest BCUT2D eigenvalue weighted by Crippen LogP contribution is 2.32. The monoisotopic (exact) mass is 406 g/mol. The van der Waals surface area contributed by atoms with Crippen LogP contribution in [-0.4, -0.2) is 60.5 Å². The summed E-state index contributed by atoms with van der Waals surface area (Å²) in [6, 6.07) is 18.0. The molecule has 6 heteroatoms. The number of rotatable bonds is 3. The maximum atomic E-state index is 12.9. The lowest BCUT2D eigenvalue weighted by atomic mass is 9.87. The van der Waals surface area contributed by atoms with Gasteiger partial charge in [-0.2, -0.15) is 0 Å². The third-order valence-corrected chi connectivity index (χ3v) is 6.37. The first kappa shape index (κ1) is 19.1. The molecule has 2 atom stereocenters. The SMILES string of the molecule is O=C1CO[C@@H]2CCN(C(=O)N3CC(c4ccc(Oc5ccccc5)cc4)C3)C[C@H]2C1. The Morgan fingerprint density at radius 1 is 0.933 bits per heavy atom. The normalized spacial score (nSPS) is 24.2. The molecular weight excluding hydrogens is 380 g/mol. The zero-order valence-corrected chi connectivity index (χ0v) is 16.9. The maximum Gasteiger partial charge on any atom is 0.320 e. The number of fused-ring (bicyclic) bond motifs is 1. The Morgan fingerprint density at radius 2 is 1.67 bits per heavy atom. The summed E-state index contributed by atoms with van der Waals surface area (Å²) < 4.78 is 11.5. The Bertz CT molecular complexity index is 909. The standard InChI is InChI=1S/C24H26N2O4/c27-20-12-18-13-25(11-10-23(18)29-16-20)24(28)26-14-19(15-26)17-6-8-22(9-7-17)30-21-4-2-1-3-5-21/h1-9,18-19,23H,10-16H2/t18-,23-/m1/s1. The van der Waals surface area contributed by atoms with Crippen LogP contribution in [-0.2, 0) is 9.53 Å². The van der Waals surface area contributed by atoms with Crippen molar-refractivity contribution in [1.82, 2.24) is 9.80 Å². The lowest BCUT2D eigenvalue weighted by molar-refractivity contribution is -0.140. The second-order valence-electron chi connectivity index (χ2n) is 8.46. The number of urea groups is 1. The molecule has 0 radical (unpaired) electrons. The van der Waals surface area contributed by atoms with Crippen LogP contribution in [0.25, 0.3) is 0 Å². The van der Waals surface area contributed by atoms with E-state index in [-0.39, 0.29) is 30.4 Å². The molecule has 0 bridgehead atoms. The number of carbonyl (C=O) groups is 2. The number of hydrogen-bond donors (Lipinski definition) is 0. The van der Waals surface area contributed by atoms with Gasteiger partial charge in [0, 0.05) is 44.4 Å². The van der Waals surface area contributed by atoms with Gasteiger partial charge in [0.15, 0.2) is 5.78 Å². The Balaban J connectivity index is 1.13. The molecule has 2 aromatic rings. The van der Waals surface area contributed by atoms with Gasteiger partial charge in [0.25, 0.3) is 0 Å². The zero-order chi connectivity index (χ0) is 20.5. The van der Waals surface area contributed by atoms with Crippen molar-refractivity contribution in [3.05, 3.63) is 60.2 Å². The number of benzene rings is 2. The van der Waals surface area contributed by atoms with E-state index < -0.39 is 0 Å². The van der Waals surface area contributed by atoms with Gasteiger partial charge in [-0.1, -0.05) is 30.3 Å². The molecule has 30 heavy (non-hydrogen) atoms. The van der Waals surface area contributed by atoms with Gasteiger partial charge in [-0.05, 0) is 36.2 Å². The van der Waals surface area contributed by atoms with Crippen molar-refractivity contribution in [1.29, 1.82) is 0 Å². The van der Waals surface area contributed by atoms with Crippen molar-refractivity contribution in [2.75, 3.05) is 32.8 Å². The van der Waals surface area contributed by atoms with Gasteiger partial charge >= 0.3 is 6.03 Å². The number of hydrogen-bond acceptors (Lipinski definition) is 4. The van der Waals surface area contributed by atoms with Crippen LogP contribution in [0.5, 0.6) is 11.5 Å². The van der Waals surface area contributed by atoms with Crippen LogP contribution < -0.4 is 4.74 Å². The lowest BCUT2D eigenvalue weighted by Crippen LogP contribution is -2.58. The van der Waals surface area contributed by atoms with Crippen LogP contribution in [0.3, 0.4) is 0 Å². The van der Waals surface area contributed by atoms with E-state index in [1.54, 1.807) is 0 Å². The minimum atomic E-state index is 0.0896. The Morgan fingerprint density at radius 3 is 2.43 bits per heavy atom. The molecule has 3 aliphatic heterocycles. The maximum absolute atomic E-state index is 12.9. The Labute approximate surface area is 176 Å². The van der Waals surface area contributed by atoms with Gasteiger partial charge in [-0.15, -0.1) is 0 Å². The third-order valence-electron chi connectivity index (χ3n) is 6.37. The molecule has 6 nitrogen and oxygen atoms in total. The van der Waals surface area contributed by atoms with Crippen molar-refractivity contribution in [2.45, 2.75) is 24.9 Å². The first-order valence-corrected chi connectivity index (χ1v) is 10.7. The summed E-state index contributed by atoms with van der Waals surface area (Å²) in [5.74, 6) is 2.29. The van der Waals surface area contributed by atoms with E-state index in [0.717, 1.165) is 31.0 Å². The smallest absolute Gasteiger partial charge is 0.320 e. The van der Waals surface area contributed by atoms with Gasteiger partial charge < -0.3 is 19.3 Å². The van der Waals surface area contributed by atoms with E-state index in [2.05, 4.69) is 12.1 Å². The molecule has 3 saturated heterocycles. The van der Waals surface area contributed by atoms with Crippen LogP contribution in [0.1, 0.15) is 24.3 Å². The summed E-state index contributed by atoms with van der Waals surface area (Å²) in [6.07, 6.45) is 1.49. The number of para-hydroxylation sites is 1. The Kier molecular flexibility index (Phi) is 5.17. The summed E-state index contributed by atoms with van der Waals surface area (Å²) >= 11 is 0. The predicted molar refractivity (Wildman–Crippen MR) is 112 cm³/mol. The number of nitrogens with zero attached hydrogens (tertiary/aromatic N) is 2.